The first-order valence-corrected chi connectivity index (χ1v) is 7.83. The van der Waals surface area contributed by atoms with Crippen LogP contribution in [-0.2, 0) is 0 Å². The predicted molar refractivity (Wildman–Crippen MR) is 71.7 cm³/mol. The molecule has 1 aliphatic carbocycles. The molecule has 2 heterocycles. The van der Waals surface area contributed by atoms with Crippen molar-refractivity contribution in [2.45, 2.75) is 83.2 Å². The number of hydrogen-bond acceptors (Lipinski definition) is 2. The van der Waals surface area contributed by atoms with E-state index in [9.17, 15) is 0 Å². The lowest BCUT2D eigenvalue weighted by molar-refractivity contribution is 0.112. The molecule has 3 rings (SSSR count). The molecule has 3 aliphatic rings. The zero-order valence-corrected chi connectivity index (χ0v) is 11.4. The molecule has 17 heavy (non-hydrogen) atoms. The minimum absolute atomic E-state index is 0.563. The van der Waals surface area contributed by atoms with Crippen LogP contribution in [0.15, 0.2) is 0 Å². The Morgan fingerprint density at radius 1 is 0.941 bits per heavy atom. The highest BCUT2D eigenvalue weighted by Gasteiger charge is 2.50. The maximum Gasteiger partial charge on any atom is 0.0312 e. The fraction of sp³-hybridized carbons (Fsp3) is 1.00. The molecule has 3 fully saturated rings. The van der Waals surface area contributed by atoms with Crippen molar-refractivity contribution in [1.29, 1.82) is 0 Å². The van der Waals surface area contributed by atoms with E-state index in [0.29, 0.717) is 5.41 Å². The van der Waals surface area contributed by atoms with Crippen molar-refractivity contribution < 1.29 is 0 Å². The molecule has 2 aliphatic heterocycles. The Bertz CT molecular complexity index is 266. The van der Waals surface area contributed by atoms with Crippen LogP contribution in [0.25, 0.3) is 0 Å². The normalized spacial score (nSPS) is 44.3. The summed E-state index contributed by atoms with van der Waals surface area (Å²) in [4.78, 5) is 0. The standard InChI is InChI=1S/C15H28N2/c1-15-11-7-4-5-9-13(15)16-17-12-8-3-2-6-10-14(15)17/h13-14,16H,2-12H2,1H3. The van der Waals surface area contributed by atoms with Gasteiger partial charge in [0.1, 0.15) is 0 Å². The number of rotatable bonds is 0. The molecule has 0 aromatic carbocycles. The Kier molecular flexibility index (Phi) is 3.45. The van der Waals surface area contributed by atoms with Gasteiger partial charge in [-0.2, -0.15) is 0 Å². The van der Waals surface area contributed by atoms with Gasteiger partial charge in [0, 0.05) is 24.0 Å². The van der Waals surface area contributed by atoms with E-state index in [-0.39, 0.29) is 0 Å². The van der Waals surface area contributed by atoms with Crippen molar-refractivity contribution in [1.82, 2.24) is 10.4 Å². The summed E-state index contributed by atoms with van der Waals surface area (Å²) in [5, 5.41) is 2.63. The van der Waals surface area contributed by atoms with E-state index >= 15 is 0 Å². The van der Waals surface area contributed by atoms with Crippen molar-refractivity contribution in [2.75, 3.05) is 6.54 Å². The minimum atomic E-state index is 0.563. The summed E-state index contributed by atoms with van der Waals surface area (Å²) in [7, 11) is 0. The smallest absolute Gasteiger partial charge is 0.0312 e. The Morgan fingerprint density at radius 2 is 1.71 bits per heavy atom. The van der Waals surface area contributed by atoms with E-state index in [1.165, 1.54) is 70.8 Å². The summed E-state index contributed by atoms with van der Waals surface area (Å²) in [5.74, 6) is 0. The van der Waals surface area contributed by atoms with Crippen LogP contribution in [0.5, 0.6) is 0 Å². The zero-order chi connectivity index (χ0) is 11.7. The van der Waals surface area contributed by atoms with Gasteiger partial charge in [-0.25, -0.2) is 5.01 Å². The molecule has 0 amide bonds. The van der Waals surface area contributed by atoms with Gasteiger partial charge < -0.3 is 0 Å². The topological polar surface area (TPSA) is 15.3 Å². The minimum Gasteiger partial charge on any atom is -0.251 e. The van der Waals surface area contributed by atoms with Gasteiger partial charge in [-0.15, -0.1) is 0 Å². The summed E-state index contributed by atoms with van der Waals surface area (Å²) in [5.41, 5.74) is 4.44. The van der Waals surface area contributed by atoms with Crippen LogP contribution in [0.1, 0.15) is 71.1 Å². The number of hydrogen-bond donors (Lipinski definition) is 1. The third-order valence-electron chi connectivity index (χ3n) is 5.59. The summed E-state index contributed by atoms with van der Waals surface area (Å²) >= 11 is 0. The van der Waals surface area contributed by atoms with E-state index in [1.54, 1.807) is 0 Å². The highest BCUT2D eigenvalue weighted by molar-refractivity contribution is 5.03. The van der Waals surface area contributed by atoms with Gasteiger partial charge >= 0.3 is 0 Å². The predicted octanol–water partition coefficient (Wildman–Crippen LogP) is 3.48. The van der Waals surface area contributed by atoms with Crippen LogP contribution >= 0.6 is 0 Å². The first kappa shape index (κ1) is 12.0. The van der Waals surface area contributed by atoms with Crippen molar-refractivity contribution in [3.63, 3.8) is 0 Å². The SMILES string of the molecule is CC12CCCCCC1NN1CCCCCCC12. The van der Waals surface area contributed by atoms with E-state index < -0.39 is 0 Å². The summed E-state index contributed by atoms with van der Waals surface area (Å²) in [6.07, 6.45) is 14.4. The average molecular weight is 236 g/mol. The van der Waals surface area contributed by atoms with Gasteiger partial charge in [-0.05, 0) is 25.7 Å². The third-order valence-corrected chi connectivity index (χ3v) is 5.59. The molecule has 3 atom stereocenters. The van der Waals surface area contributed by atoms with Gasteiger partial charge in [0.25, 0.3) is 0 Å². The van der Waals surface area contributed by atoms with Crippen molar-refractivity contribution >= 4 is 0 Å². The quantitative estimate of drug-likeness (QED) is 0.693. The summed E-state index contributed by atoms with van der Waals surface area (Å²) in [6.45, 7) is 3.86. The molecule has 2 heteroatoms. The molecule has 2 nitrogen and oxygen atoms in total. The molecule has 0 aromatic rings. The second-order valence-corrected chi connectivity index (χ2v) is 6.70. The van der Waals surface area contributed by atoms with Crippen molar-refractivity contribution in [2.24, 2.45) is 5.41 Å². The van der Waals surface area contributed by atoms with Crippen LogP contribution in [0.4, 0.5) is 0 Å². The Balaban J connectivity index is 1.80. The lowest BCUT2D eigenvalue weighted by Gasteiger charge is -2.37. The van der Waals surface area contributed by atoms with Crippen LogP contribution < -0.4 is 5.43 Å². The second kappa shape index (κ2) is 4.89. The first-order valence-electron chi connectivity index (χ1n) is 7.83. The summed E-state index contributed by atoms with van der Waals surface area (Å²) in [6, 6.07) is 1.60. The Labute approximate surface area is 106 Å². The fourth-order valence-corrected chi connectivity index (χ4v) is 4.47. The highest BCUT2D eigenvalue weighted by atomic mass is 15.6. The molecule has 0 aromatic heterocycles. The first-order chi connectivity index (χ1) is 8.31. The van der Waals surface area contributed by atoms with Crippen LogP contribution in [0, 0.1) is 5.41 Å². The molecule has 2 saturated heterocycles. The third kappa shape index (κ3) is 2.15. The molecule has 0 spiro atoms. The Hall–Kier alpha value is -0.0800. The van der Waals surface area contributed by atoms with Gasteiger partial charge in [0.05, 0.1) is 0 Å². The van der Waals surface area contributed by atoms with Gasteiger partial charge in [-0.3, -0.25) is 5.43 Å². The number of nitrogens with one attached hydrogen (secondary N) is 1. The van der Waals surface area contributed by atoms with E-state index in [2.05, 4.69) is 17.4 Å². The monoisotopic (exact) mass is 236 g/mol. The Morgan fingerprint density at radius 3 is 2.65 bits per heavy atom. The molecule has 1 N–H and O–H groups in total. The van der Waals surface area contributed by atoms with E-state index in [4.69, 9.17) is 0 Å². The average Bonchev–Trinajstić information content (AvgIpc) is 2.44. The highest BCUT2D eigenvalue weighted by Crippen LogP contribution is 2.46. The number of fused-ring (bicyclic) bond motifs is 3. The van der Waals surface area contributed by atoms with E-state index in [0.717, 1.165) is 12.1 Å². The maximum absolute atomic E-state index is 3.88. The molecule has 3 unspecified atom stereocenters. The molecule has 98 valence electrons. The molecular formula is C15H28N2. The number of nitrogens with zero attached hydrogens (tertiary/aromatic N) is 1. The zero-order valence-electron chi connectivity index (χ0n) is 11.4. The van der Waals surface area contributed by atoms with Crippen molar-refractivity contribution in [3.8, 4) is 0 Å². The van der Waals surface area contributed by atoms with Gasteiger partial charge in [0.2, 0.25) is 0 Å². The maximum atomic E-state index is 3.88. The molecule has 1 saturated carbocycles. The van der Waals surface area contributed by atoms with E-state index in [1.807, 2.05) is 0 Å². The fourth-order valence-electron chi connectivity index (χ4n) is 4.47. The van der Waals surface area contributed by atoms with Crippen molar-refractivity contribution in [3.05, 3.63) is 0 Å². The second-order valence-electron chi connectivity index (χ2n) is 6.70. The van der Waals surface area contributed by atoms with Crippen LogP contribution in [0.3, 0.4) is 0 Å². The molecule has 0 bridgehead atoms. The lowest BCUT2D eigenvalue weighted by Crippen LogP contribution is -2.42. The van der Waals surface area contributed by atoms with Gasteiger partial charge in [0.15, 0.2) is 0 Å². The summed E-state index contributed by atoms with van der Waals surface area (Å²) < 4.78 is 0. The van der Waals surface area contributed by atoms with Crippen LogP contribution in [0.2, 0.25) is 0 Å². The molecule has 0 radical (unpaired) electrons. The number of hydrazine groups is 1. The largest absolute Gasteiger partial charge is 0.251 e. The lowest BCUT2D eigenvalue weighted by atomic mass is 9.72. The van der Waals surface area contributed by atoms with Crippen LogP contribution in [-0.4, -0.2) is 23.6 Å². The molecular weight excluding hydrogens is 208 g/mol. The van der Waals surface area contributed by atoms with Gasteiger partial charge in [-0.1, -0.05) is 45.4 Å².